The third kappa shape index (κ3) is 8.41. The Bertz CT molecular complexity index is 496. The van der Waals surface area contributed by atoms with Crippen molar-refractivity contribution >= 4 is 5.69 Å². The van der Waals surface area contributed by atoms with Crippen molar-refractivity contribution < 1.29 is 0 Å². The summed E-state index contributed by atoms with van der Waals surface area (Å²) in [6.45, 7) is 2.29. The van der Waals surface area contributed by atoms with Crippen molar-refractivity contribution in [3.63, 3.8) is 0 Å². The number of para-hydroxylation sites is 1. The van der Waals surface area contributed by atoms with Crippen LogP contribution in [0.15, 0.2) is 42.7 Å². The van der Waals surface area contributed by atoms with Gasteiger partial charge in [0, 0.05) is 25.1 Å². The maximum absolute atomic E-state index is 2.42. The minimum atomic E-state index is 0.486. The number of hydrogen-bond donors (Lipinski definition) is 0. The number of hydrogen-bond acceptors (Lipinski definition) is 2. The van der Waals surface area contributed by atoms with E-state index in [0.717, 1.165) is 0 Å². The van der Waals surface area contributed by atoms with Gasteiger partial charge in [0.2, 0.25) is 0 Å². The molecule has 0 bridgehead atoms. The van der Waals surface area contributed by atoms with Crippen LogP contribution in [0.5, 0.6) is 0 Å². The second-order valence-electron chi connectivity index (χ2n) is 8.22. The largest absolute Gasteiger partial charge is 0.359 e. The quantitative estimate of drug-likeness (QED) is 0.292. The summed E-state index contributed by atoms with van der Waals surface area (Å²) in [5, 5.41) is 0. The first kappa shape index (κ1) is 21.9. The molecular weight excluding hydrogens is 328 g/mol. The number of anilines is 1. The fraction of sp³-hybridized carbons (Fsp3) is 0.680. The van der Waals surface area contributed by atoms with Gasteiger partial charge in [0.15, 0.2) is 0 Å². The maximum atomic E-state index is 2.42. The lowest BCUT2D eigenvalue weighted by Gasteiger charge is -2.30. The van der Waals surface area contributed by atoms with Crippen LogP contribution in [0.25, 0.3) is 0 Å². The molecule has 1 aromatic carbocycles. The Hall–Kier alpha value is -1.44. The molecule has 0 radical (unpaired) electrons. The van der Waals surface area contributed by atoms with Crippen molar-refractivity contribution in [3.05, 3.63) is 42.7 Å². The highest BCUT2D eigenvalue weighted by Gasteiger charge is 2.23. The zero-order valence-electron chi connectivity index (χ0n) is 17.9. The minimum absolute atomic E-state index is 0.486. The van der Waals surface area contributed by atoms with E-state index in [-0.39, 0.29) is 0 Å². The molecule has 0 saturated heterocycles. The van der Waals surface area contributed by atoms with Gasteiger partial charge in [-0.1, -0.05) is 102 Å². The van der Waals surface area contributed by atoms with Crippen LogP contribution < -0.4 is 4.90 Å². The van der Waals surface area contributed by atoms with E-state index in [1.54, 1.807) is 0 Å². The fourth-order valence-electron chi connectivity index (χ4n) is 4.12. The smallest absolute Gasteiger partial charge is 0.105 e. The molecule has 1 aliphatic rings. The van der Waals surface area contributed by atoms with E-state index in [1.807, 2.05) is 0 Å². The topological polar surface area (TPSA) is 6.48 Å². The summed E-state index contributed by atoms with van der Waals surface area (Å²) in [4.78, 5) is 4.77. The average molecular weight is 371 g/mol. The Morgan fingerprint density at radius 3 is 1.74 bits per heavy atom. The first-order valence-corrected chi connectivity index (χ1v) is 11.6. The predicted molar refractivity (Wildman–Crippen MR) is 120 cm³/mol. The van der Waals surface area contributed by atoms with Crippen LogP contribution in [0, 0.1) is 0 Å². The van der Waals surface area contributed by atoms with Crippen molar-refractivity contribution in [1.82, 2.24) is 4.90 Å². The van der Waals surface area contributed by atoms with Gasteiger partial charge in [-0.3, -0.25) is 0 Å². The van der Waals surface area contributed by atoms with Crippen LogP contribution in [-0.4, -0.2) is 18.1 Å². The maximum Gasteiger partial charge on any atom is 0.105 e. The highest BCUT2D eigenvalue weighted by Crippen LogP contribution is 2.26. The molecule has 0 spiro atoms. The number of nitrogens with zero attached hydrogens (tertiary/aromatic N) is 2. The molecule has 0 fully saturated rings. The minimum Gasteiger partial charge on any atom is -0.359 e. The number of benzene rings is 1. The average Bonchev–Trinajstić information content (AvgIpc) is 3.07. The molecule has 0 aromatic heterocycles. The molecule has 2 heteroatoms. The lowest BCUT2D eigenvalue weighted by atomic mass is 10.0. The van der Waals surface area contributed by atoms with E-state index in [9.17, 15) is 0 Å². The Labute approximate surface area is 168 Å². The summed E-state index contributed by atoms with van der Waals surface area (Å²) in [7, 11) is 2.20. The van der Waals surface area contributed by atoms with E-state index in [0.29, 0.717) is 6.17 Å². The van der Waals surface area contributed by atoms with Gasteiger partial charge >= 0.3 is 0 Å². The van der Waals surface area contributed by atoms with Crippen LogP contribution in [0.1, 0.15) is 96.8 Å². The van der Waals surface area contributed by atoms with Gasteiger partial charge in [-0.15, -0.1) is 0 Å². The fourth-order valence-corrected chi connectivity index (χ4v) is 4.12. The zero-order valence-corrected chi connectivity index (χ0v) is 17.9. The summed E-state index contributed by atoms with van der Waals surface area (Å²) in [6.07, 6.45) is 24.7. The van der Waals surface area contributed by atoms with Gasteiger partial charge in [-0.05, 0) is 25.0 Å². The van der Waals surface area contributed by atoms with E-state index < -0.39 is 0 Å². The lowest BCUT2D eigenvalue weighted by molar-refractivity contribution is 0.329. The molecule has 27 heavy (non-hydrogen) atoms. The Kier molecular flexibility index (Phi) is 11.1. The zero-order chi connectivity index (χ0) is 19.2. The van der Waals surface area contributed by atoms with Crippen molar-refractivity contribution in [2.24, 2.45) is 0 Å². The summed E-state index contributed by atoms with van der Waals surface area (Å²) in [6, 6.07) is 10.8. The van der Waals surface area contributed by atoms with E-state index in [2.05, 4.69) is 66.5 Å². The first-order chi connectivity index (χ1) is 13.3. The van der Waals surface area contributed by atoms with Crippen LogP contribution in [0.3, 0.4) is 0 Å². The summed E-state index contributed by atoms with van der Waals surface area (Å²) < 4.78 is 0. The van der Waals surface area contributed by atoms with Crippen molar-refractivity contribution in [2.75, 3.05) is 11.9 Å². The normalized spacial score (nSPS) is 16.4. The third-order valence-electron chi connectivity index (χ3n) is 5.87. The molecule has 0 aliphatic carbocycles. The second-order valence-corrected chi connectivity index (χ2v) is 8.22. The van der Waals surface area contributed by atoms with Gasteiger partial charge in [-0.2, -0.15) is 0 Å². The van der Waals surface area contributed by atoms with Gasteiger partial charge in [-0.25, -0.2) is 0 Å². The second kappa shape index (κ2) is 13.7. The standard InChI is InChI=1S/C25H42N2/c1-3-4-5-6-7-8-9-10-11-12-13-14-18-21-25-26(2)22-23-27(25)24-19-16-15-17-20-24/h15-17,19-20,22-23,25H,3-14,18,21H2,1-2H3. The molecule has 152 valence electrons. The van der Waals surface area contributed by atoms with E-state index in [4.69, 9.17) is 0 Å². The molecule has 0 amide bonds. The molecule has 1 aliphatic heterocycles. The number of unbranched alkanes of at least 4 members (excludes halogenated alkanes) is 12. The Morgan fingerprint density at radius 2 is 1.19 bits per heavy atom. The Morgan fingerprint density at radius 1 is 0.667 bits per heavy atom. The van der Waals surface area contributed by atoms with Crippen LogP contribution in [-0.2, 0) is 0 Å². The highest BCUT2D eigenvalue weighted by atomic mass is 15.4. The van der Waals surface area contributed by atoms with Crippen LogP contribution in [0.4, 0.5) is 5.69 Å². The van der Waals surface area contributed by atoms with Crippen LogP contribution >= 0.6 is 0 Å². The van der Waals surface area contributed by atoms with Gasteiger partial charge in [0.1, 0.15) is 6.17 Å². The van der Waals surface area contributed by atoms with Crippen molar-refractivity contribution in [2.45, 2.75) is 103 Å². The molecule has 1 aromatic rings. The SMILES string of the molecule is CCCCCCCCCCCCCCCC1N(C)C=CN1c1ccccc1. The third-order valence-corrected chi connectivity index (χ3v) is 5.87. The highest BCUT2D eigenvalue weighted by molar-refractivity contribution is 5.51. The lowest BCUT2D eigenvalue weighted by Crippen LogP contribution is -2.36. The first-order valence-electron chi connectivity index (χ1n) is 11.6. The van der Waals surface area contributed by atoms with Gasteiger partial charge in [0.25, 0.3) is 0 Å². The molecule has 2 rings (SSSR count). The van der Waals surface area contributed by atoms with E-state index in [1.165, 1.54) is 95.6 Å². The van der Waals surface area contributed by atoms with Crippen molar-refractivity contribution in [1.29, 1.82) is 0 Å². The molecular formula is C25H42N2. The van der Waals surface area contributed by atoms with Crippen molar-refractivity contribution in [3.8, 4) is 0 Å². The van der Waals surface area contributed by atoms with E-state index >= 15 is 0 Å². The molecule has 0 N–H and O–H groups in total. The van der Waals surface area contributed by atoms with Gasteiger partial charge < -0.3 is 9.80 Å². The summed E-state index contributed by atoms with van der Waals surface area (Å²) in [5.41, 5.74) is 1.30. The molecule has 0 saturated carbocycles. The summed E-state index contributed by atoms with van der Waals surface area (Å²) in [5.74, 6) is 0. The number of rotatable bonds is 15. The predicted octanol–water partition coefficient (Wildman–Crippen LogP) is 7.72. The van der Waals surface area contributed by atoms with Gasteiger partial charge in [0.05, 0.1) is 0 Å². The monoisotopic (exact) mass is 370 g/mol. The molecule has 1 unspecified atom stereocenters. The molecule has 2 nitrogen and oxygen atoms in total. The van der Waals surface area contributed by atoms with Crippen LogP contribution in [0.2, 0.25) is 0 Å². The summed E-state index contributed by atoms with van der Waals surface area (Å²) >= 11 is 0. The molecule has 1 heterocycles. The Balaban J connectivity index is 1.47. The molecule has 1 atom stereocenters.